The molecule has 1 fully saturated rings. The quantitative estimate of drug-likeness (QED) is 0.907. The first-order valence-corrected chi connectivity index (χ1v) is 6.78. The van der Waals surface area contributed by atoms with E-state index in [-0.39, 0.29) is 0 Å². The number of aliphatic hydroxyl groups is 1. The van der Waals surface area contributed by atoms with E-state index in [0.717, 1.165) is 36.2 Å². The third-order valence-electron chi connectivity index (χ3n) is 3.30. The molecule has 3 nitrogen and oxygen atoms in total. The van der Waals surface area contributed by atoms with Gasteiger partial charge in [0.1, 0.15) is 0 Å². The van der Waals surface area contributed by atoms with Crippen LogP contribution in [-0.2, 0) is 0 Å². The van der Waals surface area contributed by atoms with E-state index < -0.39 is 6.10 Å². The summed E-state index contributed by atoms with van der Waals surface area (Å²) in [7, 11) is 2.16. The van der Waals surface area contributed by atoms with Crippen LogP contribution < -0.4 is 4.90 Å². The zero-order chi connectivity index (χ0) is 12.4. The maximum atomic E-state index is 9.59. The molecule has 94 valence electrons. The first-order chi connectivity index (χ1) is 8.08. The van der Waals surface area contributed by atoms with Crippen molar-refractivity contribution in [2.24, 2.45) is 0 Å². The zero-order valence-electron chi connectivity index (χ0n) is 10.4. The molecule has 4 heteroatoms. The van der Waals surface area contributed by atoms with Crippen molar-refractivity contribution in [3.8, 4) is 0 Å². The molecule has 0 bridgehead atoms. The zero-order valence-corrected chi connectivity index (χ0v) is 11.9. The molecular formula is C13H19BrN2O. The smallest absolute Gasteiger partial charge is 0.0772 e. The van der Waals surface area contributed by atoms with Crippen LogP contribution in [0, 0.1) is 0 Å². The van der Waals surface area contributed by atoms with E-state index in [1.807, 2.05) is 6.07 Å². The summed E-state index contributed by atoms with van der Waals surface area (Å²) < 4.78 is 0.990. The number of rotatable bonds is 2. The highest BCUT2D eigenvalue weighted by atomic mass is 79.9. The van der Waals surface area contributed by atoms with Gasteiger partial charge in [-0.2, -0.15) is 0 Å². The van der Waals surface area contributed by atoms with E-state index in [1.165, 1.54) is 5.69 Å². The fourth-order valence-electron chi connectivity index (χ4n) is 2.12. The number of hydrogen-bond donors (Lipinski definition) is 1. The number of halogens is 1. The lowest BCUT2D eigenvalue weighted by atomic mass is 10.1. The first-order valence-electron chi connectivity index (χ1n) is 5.99. The fourth-order valence-corrected chi connectivity index (χ4v) is 2.81. The van der Waals surface area contributed by atoms with Gasteiger partial charge in [-0.15, -0.1) is 0 Å². The highest BCUT2D eigenvalue weighted by Crippen LogP contribution is 2.28. The summed E-state index contributed by atoms with van der Waals surface area (Å²) in [6.07, 6.45) is -0.425. The lowest BCUT2D eigenvalue weighted by Gasteiger charge is -2.34. The molecule has 0 aromatic heterocycles. The van der Waals surface area contributed by atoms with Crippen molar-refractivity contribution >= 4 is 21.6 Å². The maximum absolute atomic E-state index is 9.59. The van der Waals surface area contributed by atoms with E-state index in [9.17, 15) is 5.11 Å². The fraction of sp³-hybridized carbons (Fsp3) is 0.538. The molecule has 0 saturated carbocycles. The second-order valence-electron chi connectivity index (χ2n) is 4.67. The summed E-state index contributed by atoms with van der Waals surface area (Å²) in [4.78, 5) is 4.73. The predicted molar refractivity (Wildman–Crippen MR) is 74.5 cm³/mol. The number of benzene rings is 1. The van der Waals surface area contributed by atoms with E-state index in [0.29, 0.717) is 0 Å². The largest absolute Gasteiger partial charge is 0.389 e. The standard InChI is InChI=1S/C13H19BrN2O/c1-10(17)12-4-3-11(9-13(12)14)16-7-5-15(2)6-8-16/h3-4,9-10,17H,5-8H2,1-2H3/t10-/m1/s1. The van der Waals surface area contributed by atoms with Crippen molar-refractivity contribution < 1.29 is 5.11 Å². The number of aliphatic hydroxyl groups excluding tert-OH is 1. The van der Waals surface area contributed by atoms with Crippen LogP contribution in [0.3, 0.4) is 0 Å². The van der Waals surface area contributed by atoms with E-state index in [2.05, 4.69) is 44.9 Å². The van der Waals surface area contributed by atoms with Crippen LogP contribution in [-0.4, -0.2) is 43.2 Å². The minimum Gasteiger partial charge on any atom is -0.389 e. The van der Waals surface area contributed by atoms with Gasteiger partial charge in [-0.25, -0.2) is 0 Å². The van der Waals surface area contributed by atoms with E-state index in [4.69, 9.17) is 0 Å². The number of hydrogen-bond acceptors (Lipinski definition) is 3. The molecule has 0 spiro atoms. The third-order valence-corrected chi connectivity index (χ3v) is 3.99. The summed E-state index contributed by atoms with van der Waals surface area (Å²) >= 11 is 3.53. The Morgan fingerprint density at radius 2 is 1.88 bits per heavy atom. The summed E-state index contributed by atoms with van der Waals surface area (Å²) in [5, 5.41) is 9.59. The van der Waals surface area contributed by atoms with Crippen LogP contribution in [0.5, 0.6) is 0 Å². The van der Waals surface area contributed by atoms with Gasteiger partial charge in [0.05, 0.1) is 6.10 Å². The molecule has 17 heavy (non-hydrogen) atoms. The number of piperazine rings is 1. The van der Waals surface area contributed by atoms with Crippen LogP contribution in [0.4, 0.5) is 5.69 Å². The average Bonchev–Trinajstić information content (AvgIpc) is 2.29. The van der Waals surface area contributed by atoms with Gasteiger partial charge in [-0.1, -0.05) is 22.0 Å². The Morgan fingerprint density at radius 1 is 1.24 bits per heavy atom. The van der Waals surface area contributed by atoms with Crippen LogP contribution >= 0.6 is 15.9 Å². The molecule has 1 saturated heterocycles. The van der Waals surface area contributed by atoms with Crippen molar-refractivity contribution in [1.29, 1.82) is 0 Å². The van der Waals surface area contributed by atoms with Gasteiger partial charge in [0.25, 0.3) is 0 Å². The van der Waals surface area contributed by atoms with Crippen molar-refractivity contribution in [2.75, 3.05) is 38.1 Å². The Balaban J connectivity index is 2.14. The van der Waals surface area contributed by atoms with Gasteiger partial charge < -0.3 is 14.9 Å². The molecule has 1 heterocycles. The predicted octanol–water partition coefficient (Wildman–Crippen LogP) is 2.25. The minimum atomic E-state index is -0.425. The van der Waals surface area contributed by atoms with Gasteiger partial charge in [0.2, 0.25) is 0 Å². The highest BCUT2D eigenvalue weighted by Gasteiger charge is 2.15. The van der Waals surface area contributed by atoms with Gasteiger partial charge in [0.15, 0.2) is 0 Å². The number of nitrogens with zero attached hydrogens (tertiary/aromatic N) is 2. The third kappa shape index (κ3) is 3.00. The molecule has 0 aliphatic carbocycles. The van der Waals surface area contributed by atoms with Gasteiger partial charge in [-0.3, -0.25) is 0 Å². The first kappa shape index (κ1) is 12.9. The molecule has 1 aromatic rings. The maximum Gasteiger partial charge on any atom is 0.0772 e. The summed E-state index contributed by atoms with van der Waals surface area (Å²) in [6.45, 7) is 6.13. The Kier molecular flexibility index (Phi) is 4.07. The van der Waals surface area contributed by atoms with Crippen LogP contribution in [0.25, 0.3) is 0 Å². The Morgan fingerprint density at radius 3 is 2.41 bits per heavy atom. The summed E-state index contributed by atoms with van der Waals surface area (Å²) in [6, 6.07) is 6.20. The molecular weight excluding hydrogens is 280 g/mol. The number of likely N-dealkylation sites (N-methyl/N-ethyl adjacent to an activating group) is 1. The Bertz CT molecular complexity index is 387. The molecule has 2 rings (SSSR count). The molecule has 1 aliphatic heterocycles. The molecule has 1 N–H and O–H groups in total. The summed E-state index contributed by atoms with van der Waals surface area (Å²) in [5.74, 6) is 0. The average molecular weight is 299 g/mol. The lowest BCUT2D eigenvalue weighted by molar-refractivity contribution is 0.198. The van der Waals surface area contributed by atoms with Crippen molar-refractivity contribution in [2.45, 2.75) is 13.0 Å². The Labute approximate surface area is 111 Å². The van der Waals surface area contributed by atoms with Gasteiger partial charge >= 0.3 is 0 Å². The molecule has 1 atom stereocenters. The van der Waals surface area contributed by atoms with Gasteiger partial charge in [-0.05, 0) is 31.7 Å². The monoisotopic (exact) mass is 298 g/mol. The minimum absolute atomic E-state index is 0.425. The van der Waals surface area contributed by atoms with Crippen LogP contribution in [0.1, 0.15) is 18.6 Å². The second-order valence-corrected chi connectivity index (χ2v) is 5.53. The molecule has 0 amide bonds. The van der Waals surface area contributed by atoms with Crippen molar-refractivity contribution in [1.82, 2.24) is 4.90 Å². The molecule has 1 aromatic carbocycles. The van der Waals surface area contributed by atoms with E-state index >= 15 is 0 Å². The van der Waals surface area contributed by atoms with Crippen LogP contribution in [0.2, 0.25) is 0 Å². The highest BCUT2D eigenvalue weighted by molar-refractivity contribution is 9.10. The normalized spacial score (nSPS) is 19.4. The molecule has 0 unspecified atom stereocenters. The van der Waals surface area contributed by atoms with E-state index in [1.54, 1.807) is 6.92 Å². The lowest BCUT2D eigenvalue weighted by Crippen LogP contribution is -2.44. The molecule has 0 radical (unpaired) electrons. The topological polar surface area (TPSA) is 26.7 Å². The van der Waals surface area contributed by atoms with Crippen molar-refractivity contribution in [3.05, 3.63) is 28.2 Å². The van der Waals surface area contributed by atoms with Crippen molar-refractivity contribution in [3.63, 3.8) is 0 Å². The van der Waals surface area contributed by atoms with Gasteiger partial charge in [0, 0.05) is 36.3 Å². The SMILES string of the molecule is C[C@@H](O)c1ccc(N2CCN(C)CC2)cc1Br. The Hall–Kier alpha value is -0.580. The summed E-state index contributed by atoms with van der Waals surface area (Å²) in [5.41, 5.74) is 2.18. The second kappa shape index (κ2) is 5.38. The van der Waals surface area contributed by atoms with Crippen LogP contribution in [0.15, 0.2) is 22.7 Å². The number of anilines is 1. The molecule has 1 aliphatic rings.